The summed E-state index contributed by atoms with van der Waals surface area (Å²) in [4.78, 5) is 11.9. The number of nitrogens with one attached hydrogen (secondary N) is 1. The number of rotatable bonds is 6. The molecule has 1 N–H and O–H groups in total. The summed E-state index contributed by atoms with van der Waals surface area (Å²) in [6.45, 7) is 2.12. The maximum Gasteiger partial charge on any atom is 0.312 e. The molecular weight excluding hydrogens is 258 g/mol. The minimum Gasteiger partial charge on any atom is -0.497 e. The molecule has 0 bridgehead atoms. The van der Waals surface area contributed by atoms with Gasteiger partial charge in [0.2, 0.25) is 0 Å². The van der Waals surface area contributed by atoms with E-state index in [0.29, 0.717) is 6.61 Å². The van der Waals surface area contributed by atoms with Crippen LogP contribution in [0.25, 0.3) is 0 Å². The molecule has 110 valence electrons. The second-order valence-corrected chi connectivity index (χ2v) is 4.87. The van der Waals surface area contributed by atoms with Crippen molar-refractivity contribution in [1.82, 2.24) is 5.32 Å². The van der Waals surface area contributed by atoms with Crippen molar-refractivity contribution in [3.05, 3.63) is 24.3 Å². The van der Waals surface area contributed by atoms with E-state index >= 15 is 0 Å². The Hall–Kier alpha value is -1.75. The molecule has 5 heteroatoms. The number of benzene rings is 1. The molecule has 2 unspecified atom stereocenters. The first-order valence-electron chi connectivity index (χ1n) is 6.80. The van der Waals surface area contributed by atoms with Crippen LogP contribution in [-0.2, 0) is 9.53 Å². The van der Waals surface area contributed by atoms with Gasteiger partial charge in [-0.3, -0.25) is 4.79 Å². The molecule has 1 fully saturated rings. The van der Waals surface area contributed by atoms with Gasteiger partial charge in [0.05, 0.1) is 20.1 Å². The van der Waals surface area contributed by atoms with Crippen LogP contribution in [0.2, 0.25) is 0 Å². The Bertz CT molecular complexity index is 426. The van der Waals surface area contributed by atoms with E-state index in [2.05, 4.69) is 5.32 Å². The van der Waals surface area contributed by atoms with Crippen molar-refractivity contribution in [2.24, 2.45) is 11.8 Å². The number of ether oxygens (including phenoxy) is 3. The molecule has 1 aliphatic heterocycles. The van der Waals surface area contributed by atoms with Gasteiger partial charge in [0.1, 0.15) is 18.1 Å². The number of methoxy groups -OCH3 is 2. The van der Waals surface area contributed by atoms with Crippen molar-refractivity contribution >= 4 is 5.97 Å². The Labute approximate surface area is 119 Å². The molecule has 0 saturated carbocycles. The second-order valence-electron chi connectivity index (χ2n) is 4.87. The first kappa shape index (κ1) is 14.7. The summed E-state index contributed by atoms with van der Waals surface area (Å²) in [6, 6.07) is 7.33. The van der Waals surface area contributed by atoms with Crippen LogP contribution >= 0.6 is 0 Å². The zero-order valence-corrected chi connectivity index (χ0v) is 11.9. The van der Waals surface area contributed by atoms with Crippen molar-refractivity contribution in [3.8, 4) is 11.5 Å². The number of carbonyl (C=O) groups excluding carboxylic acids is 1. The van der Waals surface area contributed by atoms with Crippen LogP contribution in [0.4, 0.5) is 0 Å². The SMILES string of the molecule is COC(=O)C(COc1ccc(OC)cc1)C1CCNC1. The van der Waals surface area contributed by atoms with E-state index in [1.165, 1.54) is 7.11 Å². The summed E-state index contributed by atoms with van der Waals surface area (Å²) in [5.41, 5.74) is 0. The van der Waals surface area contributed by atoms with E-state index in [4.69, 9.17) is 14.2 Å². The highest BCUT2D eigenvalue weighted by atomic mass is 16.5. The van der Waals surface area contributed by atoms with Crippen LogP contribution in [0.5, 0.6) is 11.5 Å². The molecule has 0 amide bonds. The van der Waals surface area contributed by atoms with Gasteiger partial charge in [0, 0.05) is 0 Å². The monoisotopic (exact) mass is 279 g/mol. The van der Waals surface area contributed by atoms with Gasteiger partial charge in [-0.15, -0.1) is 0 Å². The number of carbonyl (C=O) groups is 1. The number of esters is 1. The average Bonchev–Trinajstić information content (AvgIpc) is 3.02. The zero-order chi connectivity index (χ0) is 14.4. The van der Waals surface area contributed by atoms with E-state index in [1.807, 2.05) is 24.3 Å². The number of hydrogen-bond donors (Lipinski definition) is 1. The van der Waals surface area contributed by atoms with Crippen molar-refractivity contribution in [1.29, 1.82) is 0 Å². The Morgan fingerprint density at radius 1 is 1.30 bits per heavy atom. The van der Waals surface area contributed by atoms with Gasteiger partial charge in [-0.05, 0) is 49.7 Å². The van der Waals surface area contributed by atoms with E-state index in [0.717, 1.165) is 31.0 Å². The fourth-order valence-electron chi connectivity index (χ4n) is 2.43. The molecule has 0 aromatic heterocycles. The van der Waals surface area contributed by atoms with Crippen LogP contribution in [-0.4, -0.2) is 39.9 Å². The second kappa shape index (κ2) is 7.14. The fourth-order valence-corrected chi connectivity index (χ4v) is 2.43. The van der Waals surface area contributed by atoms with Gasteiger partial charge in [0.25, 0.3) is 0 Å². The fraction of sp³-hybridized carbons (Fsp3) is 0.533. The molecule has 1 aliphatic rings. The lowest BCUT2D eigenvalue weighted by atomic mass is 9.92. The minimum absolute atomic E-state index is 0.202. The van der Waals surface area contributed by atoms with Crippen molar-refractivity contribution in [2.45, 2.75) is 6.42 Å². The zero-order valence-electron chi connectivity index (χ0n) is 11.9. The normalized spacial score (nSPS) is 19.4. The van der Waals surface area contributed by atoms with Crippen molar-refractivity contribution < 1.29 is 19.0 Å². The molecule has 1 aromatic carbocycles. The van der Waals surface area contributed by atoms with Crippen LogP contribution in [0.1, 0.15) is 6.42 Å². The highest BCUT2D eigenvalue weighted by Gasteiger charge is 2.32. The van der Waals surface area contributed by atoms with Gasteiger partial charge < -0.3 is 19.5 Å². The molecule has 0 aliphatic carbocycles. The third-order valence-corrected chi connectivity index (χ3v) is 3.66. The molecule has 0 spiro atoms. The maximum absolute atomic E-state index is 11.9. The Morgan fingerprint density at radius 3 is 2.55 bits per heavy atom. The Kier molecular flexibility index (Phi) is 5.24. The molecule has 1 heterocycles. The van der Waals surface area contributed by atoms with Gasteiger partial charge in [-0.1, -0.05) is 0 Å². The van der Waals surface area contributed by atoms with Crippen LogP contribution in [0, 0.1) is 11.8 Å². The standard InChI is InChI=1S/C15H21NO4/c1-18-12-3-5-13(6-4-12)20-10-14(15(17)19-2)11-7-8-16-9-11/h3-6,11,14,16H,7-10H2,1-2H3. The Balaban J connectivity index is 1.94. The van der Waals surface area contributed by atoms with Gasteiger partial charge >= 0.3 is 5.97 Å². The maximum atomic E-state index is 11.9. The van der Waals surface area contributed by atoms with Crippen molar-refractivity contribution in [3.63, 3.8) is 0 Å². The smallest absolute Gasteiger partial charge is 0.312 e. The summed E-state index contributed by atoms with van der Waals surface area (Å²) in [5, 5.41) is 3.27. The van der Waals surface area contributed by atoms with E-state index in [1.54, 1.807) is 7.11 Å². The van der Waals surface area contributed by atoms with E-state index in [-0.39, 0.29) is 17.8 Å². The summed E-state index contributed by atoms with van der Waals surface area (Å²) in [7, 11) is 3.04. The first-order chi connectivity index (χ1) is 9.74. The quantitative estimate of drug-likeness (QED) is 0.799. The van der Waals surface area contributed by atoms with Crippen molar-refractivity contribution in [2.75, 3.05) is 33.9 Å². The lowest BCUT2D eigenvalue weighted by molar-refractivity contribution is -0.148. The summed E-state index contributed by atoms with van der Waals surface area (Å²) < 4.78 is 15.7. The van der Waals surface area contributed by atoms with E-state index < -0.39 is 0 Å². The predicted octanol–water partition coefficient (Wildman–Crippen LogP) is 1.47. The lowest BCUT2D eigenvalue weighted by Crippen LogP contribution is -2.31. The van der Waals surface area contributed by atoms with Gasteiger partial charge in [0.15, 0.2) is 0 Å². The predicted molar refractivity (Wildman–Crippen MR) is 75.0 cm³/mol. The third-order valence-electron chi connectivity index (χ3n) is 3.66. The molecule has 1 saturated heterocycles. The molecule has 0 radical (unpaired) electrons. The summed E-state index contributed by atoms with van der Waals surface area (Å²) >= 11 is 0. The molecule has 20 heavy (non-hydrogen) atoms. The summed E-state index contributed by atoms with van der Waals surface area (Å²) in [5.74, 6) is 1.36. The highest BCUT2D eigenvalue weighted by molar-refractivity contribution is 5.73. The van der Waals surface area contributed by atoms with Crippen LogP contribution < -0.4 is 14.8 Å². The van der Waals surface area contributed by atoms with Crippen LogP contribution in [0.3, 0.4) is 0 Å². The topological polar surface area (TPSA) is 56.8 Å². The molecule has 2 rings (SSSR count). The molecule has 5 nitrogen and oxygen atoms in total. The minimum atomic E-state index is -0.225. The highest BCUT2D eigenvalue weighted by Crippen LogP contribution is 2.23. The number of hydrogen-bond acceptors (Lipinski definition) is 5. The Morgan fingerprint density at radius 2 is 2.00 bits per heavy atom. The lowest BCUT2D eigenvalue weighted by Gasteiger charge is -2.20. The average molecular weight is 279 g/mol. The van der Waals surface area contributed by atoms with Gasteiger partial charge in [-0.2, -0.15) is 0 Å². The molecule has 1 aromatic rings. The largest absolute Gasteiger partial charge is 0.497 e. The molecular formula is C15H21NO4. The molecule has 2 atom stereocenters. The van der Waals surface area contributed by atoms with Crippen LogP contribution in [0.15, 0.2) is 24.3 Å². The first-order valence-corrected chi connectivity index (χ1v) is 6.80. The van der Waals surface area contributed by atoms with E-state index in [9.17, 15) is 4.79 Å². The van der Waals surface area contributed by atoms with Gasteiger partial charge in [-0.25, -0.2) is 0 Å². The summed E-state index contributed by atoms with van der Waals surface area (Å²) in [6.07, 6.45) is 0.978. The third kappa shape index (κ3) is 3.63.